The summed E-state index contributed by atoms with van der Waals surface area (Å²) in [6, 6.07) is 8.20. The van der Waals surface area contributed by atoms with Crippen LogP contribution in [0.3, 0.4) is 0 Å². The second kappa shape index (κ2) is 5.07. The molecule has 112 valence electrons. The third-order valence-electron chi connectivity index (χ3n) is 2.96. The molecule has 0 atom stereocenters. The molecule has 2 aromatic carbocycles. The number of nitrogens with two attached hydrogens (primary N) is 1. The second-order valence-electron chi connectivity index (χ2n) is 4.57. The van der Waals surface area contributed by atoms with Crippen molar-refractivity contribution in [3.05, 3.63) is 53.6 Å². The Labute approximate surface area is 120 Å². The SMILES string of the molecule is Cc1ccc(S(=O)(=O)c2ccc(C(F)(F)F)cc2N)cc1. The van der Waals surface area contributed by atoms with E-state index in [4.69, 9.17) is 5.73 Å². The van der Waals surface area contributed by atoms with E-state index in [1.807, 2.05) is 0 Å². The first kappa shape index (κ1) is 15.4. The maximum absolute atomic E-state index is 12.6. The van der Waals surface area contributed by atoms with E-state index >= 15 is 0 Å². The van der Waals surface area contributed by atoms with Crippen molar-refractivity contribution in [2.45, 2.75) is 22.9 Å². The molecule has 0 aliphatic carbocycles. The second-order valence-corrected chi connectivity index (χ2v) is 6.48. The number of rotatable bonds is 2. The zero-order valence-corrected chi connectivity index (χ0v) is 11.8. The van der Waals surface area contributed by atoms with E-state index in [-0.39, 0.29) is 9.79 Å². The molecule has 3 nitrogen and oxygen atoms in total. The van der Waals surface area contributed by atoms with E-state index in [0.29, 0.717) is 12.1 Å². The van der Waals surface area contributed by atoms with Gasteiger partial charge in [0.15, 0.2) is 0 Å². The van der Waals surface area contributed by atoms with Gasteiger partial charge in [0.2, 0.25) is 9.84 Å². The normalized spacial score (nSPS) is 12.4. The first-order valence-electron chi connectivity index (χ1n) is 5.91. The zero-order chi connectivity index (χ0) is 15.8. The lowest BCUT2D eigenvalue weighted by molar-refractivity contribution is -0.137. The Morgan fingerprint density at radius 3 is 2.05 bits per heavy atom. The predicted molar refractivity (Wildman–Crippen MR) is 72.5 cm³/mol. The Balaban J connectivity index is 2.53. The fourth-order valence-corrected chi connectivity index (χ4v) is 3.18. The molecule has 0 amide bonds. The van der Waals surface area contributed by atoms with E-state index in [2.05, 4.69) is 0 Å². The lowest BCUT2D eigenvalue weighted by Crippen LogP contribution is -2.10. The molecule has 0 aromatic heterocycles. The molecule has 0 unspecified atom stereocenters. The number of nitrogen functional groups attached to an aromatic ring is 1. The quantitative estimate of drug-likeness (QED) is 0.864. The summed E-state index contributed by atoms with van der Waals surface area (Å²) in [6.07, 6.45) is -4.57. The zero-order valence-electron chi connectivity index (χ0n) is 11.0. The highest BCUT2D eigenvalue weighted by Gasteiger charge is 2.32. The summed E-state index contributed by atoms with van der Waals surface area (Å²) in [5.41, 5.74) is 4.95. The van der Waals surface area contributed by atoms with Crippen LogP contribution in [0.2, 0.25) is 0 Å². The van der Waals surface area contributed by atoms with Gasteiger partial charge in [0.1, 0.15) is 0 Å². The van der Waals surface area contributed by atoms with Crippen molar-refractivity contribution in [1.29, 1.82) is 0 Å². The smallest absolute Gasteiger partial charge is 0.398 e. The predicted octanol–water partition coefficient (Wildman–Crippen LogP) is 3.43. The molecule has 0 spiro atoms. The average Bonchev–Trinajstić information content (AvgIpc) is 2.37. The van der Waals surface area contributed by atoms with Crippen molar-refractivity contribution in [1.82, 2.24) is 0 Å². The van der Waals surface area contributed by atoms with Gasteiger partial charge in [-0.05, 0) is 37.3 Å². The van der Waals surface area contributed by atoms with Crippen molar-refractivity contribution < 1.29 is 21.6 Å². The number of aryl methyl sites for hydroxylation is 1. The lowest BCUT2D eigenvalue weighted by Gasteiger charge is -2.11. The molecule has 0 fully saturated rings. The summed E-state index contributed by atoms with van der Waals surface area (Å²) in [5, 5.41) is 0. The van der Waals surface area contributed by atoms with Crippen LogP contribution >= 0.6 is 0 Å². The molecule has 0 aliphatic heterocycles. The Morgan fingerprint density at radius 1 is 1.00 bits per heavy atom. The maximum atomic E-state index is 12.6. The molecule has 0 aliphatic rings. The summed E-state index contributed by atoms with van der Waals surface area (Å²) in [4.78, 5) is -0.348. The highest BCUT2D eigenvalue weighted by Crippen LogP contribution is 2.34. The molecule has 2 rings (SSSR count). The van der Waals surface area contributed by atoms with Crippen LogP contribution in [0, 0.1) is 6.92 Å². The number of anilines is 1. The molecule has 21 heavy (non-hydrogen) atoms. The number of hydrogen-bond donors (Lipinski definition) is 1. The number of benzene rings is 2. The minimum Gasteiger partial charge on any atom is -0.398 e. The Morgan fingerprint density at radius 2 is 1.57 bits per heavy atom. The fourth-order valence-electron chi connectivity index (χ4n) is 1.81. The van der Waals surface area contributed by atoms with Crippen LogP contribution in [-0.4, -0.2) is 8.42 Å². The third kappa shape index (κ3) is 3.02. The van der Waals surface area contributed by atoms with Gasteiger partial charge in [-0.1, -0.05) is 17.7 Å². The van der Waals surface area contributed by atoms with Gasteiger partial charge in [-0.2, -0.15) is 13.2 Å². The van der Waals surface area contributed by atoms with Crippen molar-refractivity contribution in [2.75, 3.05) is 5.73 Å². The minimum absolute atomic E-state index is 0.0143. The highest BCUT2D eigenvalue weighted by molar-refractivity contribution is 7.91. The summed E-state index contributed by atoms with van der Waals surface area (Å²) in [6.45, 7) is 1.79. The molecule has 0 saturated heterocycles. The molecule has 2 N–H and O–H groups in total. The molecular weight excluding hydrogens is 303 g/mol. The Hall–Kier alpha value is -2.02. The van der Waals surface area contributed by atoms with Crippen molar-refractivity contribution in [2.24, 2.45) is 0 Å². The topological polar surface area (TPSA) is 60.2 Å². The monoisotopic (exact) mass is 315 g/mol. The van der Waals surface area contributed by atoms with Crippen LogP contribution in [0.5, 0.6) is 0 Å². The van der Waals surface area contributed by atoms with Crippen LogP contribution in [0.25, 0.3) is 0 Å². The van der Waals surface area contributed by atoms with Crippen LogP contribution in [0.15, 0.2) is 52.3 Å². The summed E-state index contributed by atoms with van der Waals surface area (Å²) < 4.78 is 62.4. The van der Waals surface area contributed by atoms with Crippen LogP contribution in [0.1, 0.15) is 11.1 Å². The number of hydrogen-bond acceptors (Lipinski definition) is 3. The fraction of sp³-hybridized carbons (Fsp3) is 0.143. The molecule has 0 bridgehead atoms. The van der Waals surface area contributed by atoms with E-state index < -0.39 is 27.3 Å². The van der Waals surface area contributed by atoms with Gasteiger partial charge < -0.3 is 5.73 Å². The summed E-state index contributed by atoms with van der Waals surface area (Å²) in [7, 11) is -3.94. The van der Waals surface area contributed by atoms with Crippen LogP contribution in [0.4, 0.5) is 18.9 Å². The van der Waals surface area contributed by atoms with Crippen molar-refractivity contribution in [3.63, 3.8) is 0 Å². The molecule has 0 saturated carbocycles. The Bertz CT molecular complexity index is 766. The van der Waals surface area contributed by atoms with Gasteiger partial charge in [-0.3, -0.25) is 0 Å². The number of sulfone groups is 1. The van der Waals surface area contributed by atoms with Crippen LogP contribution < -0.4 is 5.73 Å². The third-order valence-corrected chi connectivity index (χ3v) is 4.80. The van der Waals surface area contributed by atoms with E-state index in [0.717, 1.165) is 11.6 Å². The lowest BCUT2D eigenvalue weighted by atomic mass is 10.2. The number of halogens is 3. The van der Waals surface area contributed by atoms with Gasteiger partial charge >= 0.3 is 6.18 Å². The van der Waals surface area contributed by atoms with Crippen molar-refractivity contribution >= 4 is 15.5 Å². The van der Waals surface area contributed by atoms with Gasteiger partial charge in [-0.15, -0.1) is 0 Å². The van der Waals surface area contributed by atoms with E-state index in [1.165, 1.54) is 12.1 Å². The Kier molecular flexibility index (Phi) is 3.71. The maximum Gasteiger partial charge on any atom is 0.416 e. The molecule has 7 heteroatoms. The first-order valence-corrected chi connectivity index (χ1v) is 7.39. The molecule has 0 radical (unpaired) electrons. The van der Waals surface area contributed by atoms with E-state index in [1.54, 1.807) is 19.1 Å². The molecular formula is C14H12F3NO2S. The number of alkyl halides is 3. The standard InChI is InChI=1S/C14H12F3NO2S/c1-9-2-5-11(6-3-9)21(19,20)13-7-4-10(8-12(13)18)14(15,16)17/h2-8H,18H2,1H3. The van der Waals surface area contributed by atoms with E-state index in [9.17, 15) is 21.6 Å². The largest absolute Gasteiger partial charge is 0.416 e. The van der Waals surface area contributed by atoms with Gasteiger partial charge in [0.05, 0.1) is 21.0 Å². The summed E-state index contributed by atoms with van der Waals surface area (Å²) in [5.74, 6) is 0. The highest BCUT2D eigenvalue weighted by atomic mass is 32.2. The van der Waals surface area contributed by atoms with Crippen molar-refractivity contribution in [3.8, 4) is 0 Å². The van der Waals surface area contributed by atoms with Gasteiger partial charge in [0, 0.05) is 0 Å². The minimum atomic E-state index is -4.57. The molecule has 0 heterocycles. The van der Waals surface area contributed by atoms with Gasteiger partial charge in [-0.25, -0.2) is 8.42 Å². The van der Waals surface area contributed by atoms with Gasteiger partial charge in [0.25, 0.3) is 0 Å². The first-order chi connectivity index (χ1) is 9.62. The molecule has 2 aromatic rings. The average molecular weight is 315 g/mol. The summed E-state index contributed by atoms with van der Waals surface area (Å²) >= 11 is 0. The van der Waals surface area contributed by atoms with Crippen LogP contribution in [-0.2, 0) is 16.0 Å².